The number of aryl methyl sites for hydroxylation is 1. The number of aromatic amines is 1. The fraction of sp³-hybridized carbons (Fsp3) is 0.308. The third-order valence-electron chi connectivity index (χ3n) is 2.68. The van der Waals surface area contributed by atoms with Gasteiger partial charge in [-0.1, -0.05) is 18.7 Å². The number of benzene rings is 1. The maximum atomic E-state index is 13.5. The molecule has 2 rings (SSSR count). The number of thioether (sulfide) groups is 1. The average molecular weight is 312 g/mol. The quantitative estimate of drug-likeness (QED) is 0.833. The maximum Gasteiger partial charge on any atom is 0.237 e. The molecule has 1 heterocycles. The minimum absolute atomic E-state index is 0.184. The van der Waals surface area contributed by atoms with Crippen molar-refractivity contribution in [3.8, 4) is 0 Å². The molecule has 0 unspecified atom stereocenters. The first-order valence-electron chi connectivity index (χ1n) is 6.33. The zero-order valence-electron chi connectivity index (χ0n) is 11.5. The molecule has 0 aliphatic heterocycles. The number of nitrogens with zero attached hydrogens (tertiary/aromatic N) is 2. The van der Waals surface area contributed by atoms with Gasteiger partial charge in [0, 0.05) is 12.5 Å². The van der Waals surface area contributed by atoms with E-state index in [1.165, 1.54) is 0 Å². The molecule has 1 amide bonds. The van der Waals surface area contributed by atoms with Gasteiger partial charge in [-0.3, -0.25) is 9.89 Å². The van der Waals surface area contributed by atoms with Gasteiger partial charge in [0.05, 0.1) is 10.9 Å². The summed E-state index contributed by atoms with van der Waals surface area (Å²) in [4.78, 5) is 16.1. The highest BCUT2D eigenvalue weighted by atomic mass is 32.2. The van der Waals surface area contributed by atoms with Gasteiger partial charge < -0.3 is 5.32 Å². The smallest absolute Gasteiger partial charge is 0.237 e. The topological polar surface area (TPSA) is 70.7 Å². The summed E-state index contributed by atoms with van der Waals surface area (Å²) in [6.45, 7) is 3.57. The first kappa shape index (κ1) is 15.4. The average Bonchev–Trinajstić information content (AvgIpc) is 2.90. The minimum Gasteiger partial charge on any atom is -0.323 e. The Labute approximate surface area is 124 Å². The Morgan fingerprint density at radius 3 is 2.90 bits per heavy atom. The van der Waals surface area contributed by atoms with E-state index in [-0.39, 0.29) is 5.69 Å². The van der Waals surface area contributed by atoms with Gasteiger partial charge in [0.2, 0.25) is 11.1 Å². The van der Waals surface area contributed by atoms with Gasteiger partial charge in [-0.15, -0.1) is 5.10 Å². The fourth-order valence-electron chi connectivity index (χ4n) is 1.53. The molecular weight excluding hydrogens is 298 g/mol. The Kier molecular flexibility index (Phi) is 4.89. The lowest BCUT2D eigenvalue weighted by molar-refractivity contribution is -0.115. The van der Waals surface area contributed by atoms with E-state index < -0.39 is 22.8 Å². The molecule has 0 aliphatic rings. The Balaban J connectivity index is 2.00. The van der Waals surface area contributed by atoms with Crippen molar-refractivity contribution >= 4 is 23.4 Å². The lowest BCUT2D eigenvalue weighted by Crippen LogP contribution is -2.23. The number of anilines is 1. The summed E-state index contributed by atoms with van der Waals surface area (Å²) < 4.78 is 26.5. The number of aromatic nitrogens is 3. The molecule has 1 aromatic heterocycles. The summed E-state index contributed by atoms with van der Waals surface area (Å²) >= 11 is 1.14. The molecule has 21 heavy (non-hydrogen) atoms. The standard InChI is InChI=1S/C13H14F2N4OS/c1-3-11-17-13(19-18-11)21-7(2)12(20)16-10-6-8(14)4-5-9(10)15/h4-7H,3H2,1-2H3,(H,16,20)(H,17,18,19)/t7-/m1/s1. The van der Waals surface area contributed by atoms with Crippen LogP contribution >= 0.6 is 11.8 Å². The van der Waals surface area contributed by atoms with Crippen LogP contribution in [0, 0.1) is 11.6 Å². The first-order valence-corrected chi connectivity index (χ1v) is 7.21. The molecule has 8 heteroatoms. The molecule has 2 aromatic rings. The summed E-state index contributed by atoms with van der Waals surface area (Å²) in [5.74, 6) is -1.03. The van der Waals surface area contributed by atoms with Gasteiger partial charge >= 0.3 is 0 Å². The Hall–Kier alpha value is -1.96. The van der Waals surface area contributed by atoms with E-state index in [0.717, 1.165) is 35.8 Å². The second-order valence-corrected chi connectivity index (χ2v) is 5.60. The van der Waals surface area contributed by atoms with E-state index >= 15 is 0 Å². The van der Waals surface area contributed by atoms with Gasteiger partial charge in [-0.2, -0.15) is 0 Å². The predicted molar refractivity (Wildman–Crippen MR) is 76.1 cm³/mol. The number of H-pyrrole nitrogens is 1. The normalized spacial score (nSPS) is 12.2. The van der Waals surface area contributed by atoms with Gasteiger partial charge in [0.25, 0.3) is 0 Å². The zero-order valence-corrected chi connectivity index (χ0v) is 12.3. The first-order chi connectivity index (χ1) is 9.99. The van der Waals surface area contributed by atoms with Crippen LogP contribution in [-0.4, -0.2) is 26.3 Å². The molecule has 0 fully saturated rings. The summed E-state index contributed by atoms with van der Waals surface area (Å²) in [5.41, 5.74) is -0.184. The molecule has 0 aliphatic carbocycles. The molecule has 2 N–H and O–H groups in total. The number of rotatable bonds is 5. The molecule has 5 nitrogen and oxygen atoms in total. The van der Waals surface area contributed by atoms with Crippen LogP contribution in [0.1, 0.15) is 19.7 Å². The third-order valence-corrected chi connectivity index (χ3v) is 3.64. The molecule has 112 valence electrons. The fourth-order valence-corrected chi connectivity index (χ4v) is 2.27. The minimum atomic E-state index is -0.687. The van der Waals surface area contributed by atoms with Crippen molar-refractivity contribution in [1.82, 2.24) is 15.2 Å². The van der Waals surface area contributed by atoms with Crippen LogP contribution in [0.15, 0.2) is 23.4 Å². The van der Waals surface area contributed by atoms with Crippen LogP contribution in [0.2, 0.25) is 0 Å². The van der Waals surface area contributed by atoms with E-state index in [2.05, 4.69) is 20.5 Å². The molecule has 1 atom stereocenters. The Morgan fingerprint density at radius 2 is 2.24 bits per heavy atom. The van der Waals surface area contributed by atoms with Crippen molar-refractivity contribution < 1.29 is 13.6 Å². The van der Waals surface area contributed by atoms with Crippen molar-refractivity contribution in [3.63, 3.8) is 0 Å². The number of hydrogen-bond donors (Lipinski definition) is 2. The number of hydrogen-bond acceptors (Lipinski definition) is 4. The van der Waals surface area contributed by atoms with Crippen LogP contribution < -0.4 is 5.32 Å². The summed E-state index contributed by atoms with van der Waals surface area (Å²) in [5, 5.41) is 8.95. The molecule has 0 saturated heterocycles. The van der Waals surface area contributed by atoms with Crippen LogP contribution in [0.4, 0.5) is 14.5 Å². The number of amides is 1. The Morgan fingerprint density at radius 1 is 1.48 bits per heavy atom. The van der Waals surface area contributed by atoms with Crippen molar-refractivity contribution in [2.75, 3.05) is 5.32 Å². The van der Waals surface area contributed by atoms with Crippen molar-refractivity contribution in [2.24, 2.45) is 0 Å². The van der Waals surface area contributed by atoms with Gasteiger partial charge in [0.15, 0.2) is 0 Å². The third kappa shape index (κ3) is 4.01. The molecule has 0 spiro atoms. The number of carbonyl (C=O) groups excluding carboxylic acids is 1. The monoisotopic (exact) mass is 312 g/mol. The molecular formula is C13H14F2N4OS. The highest BCUT2D eigenvalue weighted by Gasteiger charge is 2.18. The van der Waals surface area contributed by atoms with Crippen molar-refractivity contribution in [1.29, 1.82) is 0 Å². The summed E-state index contributed by atoms with van der Waals surface area (Å²) in [7, 11) is 0. The van der Waals surface area contributed by atoms with Gasteiger partial charge in [-0.05, 0) is 19.1 Å². The Bertz CT molecular complexity index is 647. The lowest BCUT2D eigenvalue weighted by Gasteiger charge is -2.10. The van der Waals surface area contributed by atoms with E-state index in [1.54, 1.807) is 6.92 Å². The second-order valence-electron chi connectivity index (χ2n) is 4.29. The SMILES string of the molecule is CCc1nc(S[C@H](C)C(=O)Nc2cc(F)ccc2F)n[nH]1. The van der Waals surface area contributed by atoms with E-state index in [4.69, 9.17) is 0 Å². The zero-order chi connectivity index (χ0) is 15.4. The van der Waals surface area contributed by atoms with Crippen LogP contribution in [-0.2, 0) is 11.2 Å². The molecule has 1 aromatic carbocycles. The summed E-state index contributed by atoms with van der Waals surface area (Å²) in [6.07, 6.45) is 0.711. The van der Waals surface area contributed by atoms with E-state index in [0.29, 0.717) is 11.6 Å². The predicted octanol–water partition coefficient (Wildman–Crippen LogP) is 2.76. The van der Waals surface area contributed by atoms with Crippen LogP contribution in [0.3, 0.4) is 0 Å². The van der Waals surface area contributed by atoms with Crippen molar-refractivity contribution in [2.45, 2.75) is 30.7 Å². The molecule has 0 radical (unpaired) electrons. The van der Waals surface area contributed by atoms with Crippen LogP contribution in [0.25, 0.3) is 0 Å². The van der Waals surface area contributed by atoms with Crippen LogP contribution in [0.5, 0.6) is 0 Å². The van der Waals surface area contributed by atoms with Gasteiger partial charge in [-0.25, -0.2) is 13.8 Å². The number of halogens is 2. The lowest BCUT2D eigenvalue weighted by atomic mass is 10.3. The highest BCUT2D eigenvalue weighted by Crippen LogP contribution is 2.22. The molecule has 0 bridgehead atoms. The largest absolute Gasteiger partial charge is 0.323 e. The van der Waals surface area contributed by atoms with Gasteiger partial charge in [0.1, 0.15) is 17.5 Å². The van der Waals surface area contributed by atoms with Crippen molar-refractivity contribution in [3.05, 3.63) is 35.7 Å². The highest BCUT2D eigenvalue weighted by molar-refractivity contribution is 8.00. The van der Waals surface area contributed by atoms with E-state index in [9.17, 15) is 13.6 Å². The second kappa shape index (κ2) is 6.66. The maximum absolute atomic E-state index is 13.5. The number of carbonyl (C=O) groups is 1. The summed E-state index contributed by atoms with van der Waals surface area (Å²) in [6, 6.07) is 2.89. The number of nitrogens with one attached hydrogen (secondary N) is 2. The molecule has 0 saturated carbocycles. The van der Waals surface area contributed by atoms with E-state index in [1.807, 2.05) is 6.92 Å².